The van der Waals surface area contributed by atoms with Gasteiger partial charge in [-0.05, 0) is 42.9 Å². The predicted molar refractivity (Wildman–Crippen MR) is 111 cm³/mol. The van der Waals surface area contributed by atoms with E-state index in [-0.39, 0.29) is 5.41 Å². The second kappa shape index (κ2) is 7.70. The number of rotatable bonds is 3. The first kappa shape index (κ1) is 20.1. The summed E-state index contributed by atoms with van der Waals surface area (Å²) in [4.78, 5) is 16.1. The molecule has 2 saturated heterocycles. The summed E-state index contributed by atoms with van der Waals surface area (Å²) in [6, 6.07) is 7.48. The van der Waals surface area contributed by atoms with Gasteiger partial charge in [-0.25, -0.2) is 15.0 Å². The second-order valence-electron chi connectivity index (χ2n) is 8.02. The van der Waals surface area contributed by atoms with Crippen LogP contribution < -0.4 is 9.80 Å². The standard InChI is InChI=1S/C20H20F3N7S/c21-20(22,23)18-24-8-4-16(27-18)30-11-7-19(12-30)5-9-29(10-6-19)15-3-1-2-14(26-15)17-28-25-13-31-17/h1-4,8,13H,5-7,9-12H2. The average Bonchev–Trinajstić information content (AvgIpc) is 3.45. The number of halogens is 3. The van der Waals surface area contributed by atoms with Crippen LogP contribution in [-0.4, -0.2) is 51.3 Å². The third kappa shape index (κ3) is 4.06. The maximum Gasteiger partial charge on any atom is 0.451 e. The summed E-state index contributed by atoms with van der Waals surface area (Å²) in [5.41, 5.74) is 2.60. The average molecular weight is 447 g/mol. The molecule has 31 heavy (non-hydrogen) atoms. The highest BCUT2D eigenvalue weighted by Crippen LogP contribution is 2.42. The minimum absolute atomic E-state index is 0.0939. The molecular formula is C20H20F3N7S. The van der Waals surface area contributed by atoms with Gasteiger partial charge in [0.25, 0.3) is 0 Å². The first-order chi connectivity index (χ1) is 14.9. The zero-order chi connectivity index (χ0) is 21.5. The lowest BCUT2D eigenvalue weighted by Crippen LogP contribution is -2.42. The number of alkyl halides is 3. The van der Waals surface area contributed by atoms with Crippen LogP contribution in [0.4, 0.5) is 24.8 Å². The van der Waals surface area contributed by atoms with Gasteiger partial charge in [0.05, 0.1) is 0 Å². The van der Waals surface area contributed by atoms with Crippen LogP contribution in [-0.2, 0) is 6.18 Å². The lowest BCUT2D eigenvalue weighted by atomic mass is 9.78. The van der Waals surface area contributed by atoms with Crippen molar-refractivity contribution in [3.63, 3.8) is 0 Å². The number of hydrogen-bond acceptors (Lipinski definition) is 8. The van der Waals surface area contributed by atoms with E-state index in [1.54, 1.807) is 11.6 Å². The van der Waals surface area contributed by atoms with E-state index in [0.29, 0.717) is 18.9 Å². The molecule has 0 bridgehead atoms. The summed E-state index contributed by atoms with van der Waals surface area (Å²) in [7, 11) is 0. The maximum absolute atomic E-state index is 13.0. The summed E-state index contributed by atoms with van der Waals surface area (Å²) in [6.07, 6.45) is -0.467. The molecule has 1 spiro atoms. The Hall–Kier alpha value is -2.82. The Balaban J connectivity index is 1.26. The summed E-state index contributed by atoms with van der Waals surface area (Å²) in [5, 5.41) is 8.76. The molecule has 2 aliphatic heterocycles. The highest BCUT2D eigenvalue weighted by atomic mass is 32.1. The highest BCUT2D eigenvalue weighted by Gasteiger charge is 2.42. The molecule has 2 fully saturated rings. The van der Waals surface area contributed by atoms with E-state index in [1.807, 2.05) is 23.1 Å². The molecule has 5 rings (SSSR count). The fraction of sp³-hybridized carbons (Fsp3) is 0.450. The molecule has 0 unspecified atom stereocenters. The molecule has 3 aromatic rings. The molecule has 0 aliphatic carbocycles. The smallest absolute Gasteiger partial charge is 0.357 e. The van der Waals surface area contributed by atoms with Crippen LogP contribution in [0.5, 0.6) is 0 Å². The molecule has 7 nitrogen and oxygen atoms in total. The molecule has 0 N–H and O–H groups in total. The Labute approximate surface area is 181 Å². The SMILES string of the molecule is FC(F)(F)c1nccc(N2CCC3(CCN(c4cccc(-c5nncs5)n4)CC3)C2)n1. The van der Waals surface area contributed by atoms with Crippen molar-refractivity contribution in [2.24, 2.45) is 5.41 Å². The van der Waals surface area contributed by atoms with Crippen molar-refractivity contribution in [3.8, 4) is 10.7 Å². The topological polar surface area (TPSA) is 70.9 Å². The Morgan fingerprint density at radius 3 is 2.39 bits per heavy atom. The van der Waals surface area contributed by atoms with E-state index < -0.39 is 12.0 Å². The highest BCUT2D eigenvalue weighted by molar-refractivity contribution is 7.12. The predicted octanol–water partition coefficient (Wildman–Crippen LogP) is 3.91. The van der Waals surface area contributed by atoms with Crippen molar-refractivity contribution in [3.05, 3.63) is 41.8 Å². The molecule has 2 aliphatic rings. The van der Waals surface area contributed by atoms with Crippen molar-refractivity contribution >= 4 is 23.0 Å². The van der Waals surface area contributed by atoms with E-state index in [4.69, 9.17) is 4.98 Å². The van der Waals surface area contributed by atoms with Crippen LogP contribution in [0.3, 0.4) is 0 Å². The van der Waals surface area contributed by atoms with Crippen molar-refractivity contribution in [2.75, 3.05) is 36.0 Å². The van der Waals surface area contributed by atoms with Gasteiger partial charge in [0.15, 0.2) is 5.01 Å². The number of aromatic nitrogens is 5. The van der Waals surface area contributed by atoms with Crippen LogP contribution in [0.15, 0.2) is 36.0 Å². The molecule has 0 saturated carbocycles. The molecule has 0 amide bonds. The van der Waals surface area contributed by atoms with E-state index in [1.165, 1.54) is 17.5 Å². The third-order valence-electron chi connectivity index (χ3n) is 6.12. The fourth-order valence-electron chi connectivity index (χ4n) is 4.41. The molecule has 0 radical (unpaired) electrons. The minimum atomic E-state index is -4.53. The normalized spacial score (nSPS) is 18.7. The number of pyridine rings is 1. The van der Waals surface area contributed by atoms with Crippen molar-refractivity contribution in [2.45, 2.75) is 25.4 Å². The Kier molecular flexibility index (Phi) is 4.99. The second-order valence-corrected chi connectivity index (χ2v) is 8.85. The summed E-state index contributed by atoms with van der Waals surface area (Å²) < 4.78 is 38.9. The van der Waals surface area contributed by atoms with Crippen LogP contribution in [0.2, 0.25) is 0 Å². The van der Waals surface area contributed by atoms with Crippen LogP contribution in [0.25, 0.3) is 10.7 Å². The number of nitrogens with zero attached hydrogens (tertiary/aromatic N) is 7. The summed E-state index contributed by atoms with van der Waals surface area (Å²) in [5.74, 6) is 0.193. The van der Waals surface area contributed by atoms with E-state index in [2.05, 4.69) is 25.1 Å². The Morgan fingerprint density at radius 1 is 0.935 bits per heavy atom. The number of hydrogen-bond donors (Lipinski definition) is 0. The zero-order valence-corrected chi connectivity index (χ0v) is 17.4. The summed E-state index contributed by atoms with van der Waals surface area (Å²) >= 11 is 1.46. The Morgan fingerprint density at radius 2 is 1.68 bits per heavy atom. The number of piperidine rings is 1. The van der Waals surface area contributed by atoms with Crippen molar-refractivity contribution < 1.29 is 13.2 Å². The molecule has 5 heterocycles. The molecule has 0 atom stereocenters. The van der Waals surface area contributed by atoms with Gasteiger partial charge >= 0.3 is 6.18 Å². The van der Waals surface area contributed by atoms with E-state index in [9.17, 15) is 13.2 Å². The number of anilines is 2. The summed E-state index contributed by atoms with van der Waals surface area (Å²) in [6.45, 7) is 3.14. The van der Waals surface area contributed by atoms with Gasteiger partial charge in [-0.3, -0.25) is 0 Å². The van der Waals surface area contributed by atoms with Crippen LogP contribution in [0, 0.1) is 5.41 Å². The first-order valence-corrected chi connectivity index (χ1v) is 10.9. The molecule has 162 valence electrons. The molecular weight excluding hydrogens is 427 g/mol. The zero-order valence-electron chi connectivity index (χ0n) is 16.6. The first-order valence-electron chi connectivity index (χ1n) is 10.1. The largest absolute Gasteiger partial charge is 0.451 e. The molecule has 11 heteroatoms. The maximum atomic E-state index is 13.0. The van der Waals surface area contributed by atoms with Gasteiger partial charge in [-0.1, -0.05) is 17.4 Å². The third-order valence-corrected chi connectivity index (χ3v) is 6.83. The van der Waals surface area contributed by atoms with Gasteiger partial charge < -0.3 is 9.80 Å². The van der Waals surface area contributed by atoms with Crippen LogP contribution in [0.1, 0.15) is 25.1 Å². The monoisotopic (exact) mass is 447 g/mol. The van der Waals surface area contributed by atoms with Gasteiger partial charge in [0.2, 0.25) is 5.82 Å². The van der Waals surface area contributed by atoms with Crippen molar-refractivity contribution in [1.29, 1.82) is 0 Å². The van der Waals surface area contributed by atoms with E-state index in [0.717, 1.165) is 48.9 Å². The quantitative estimate of drug-likeness (QED) is 0.603. The minimum Gasteiger partial charge on any atom is -0.357 e. The van der Waals surface area contributed by atoms with Crippen LogP contribution >= 0.6 is 11.3 Å². The molecule has 3 aromatic heterocycles. The van der Waals surface area contributed by atoms with Crippen molar-refractivity contribution in [1.82, 2.24) is 25.1 Å². The fourth-order valence-corrected chi connectivity index (χ4v) is 4.94. The van der Waals surface area contributed by atoms with Gasteiger partial charge in [0.1, 0.15) is 22.8 Å². The van der Waals surface area contributed by atoms with E-state index >= 15 is 0 Å². The van der Waals surface area contributed by atoms with Gasteiger partial charge in [-0.15, -0.1) is 10.2 Å². The Bertz CT molecular complexity index is 1050. The lowest BCUT2D eigenvalue weighted by Gasteiger charge is -2.40. The van der Waals surface area contributed by atoms with Gasteiger partial charge in [0, 0.05) is 32.4 Å². The van der Waals surface area contributed by atoms with Gasteiger partial charge in [-0.2, -0.15) is 13.2 Å². The molecule has 0 aromatic carbocycles. The lowest BCUT2D eigenvalue weighted by molar-refractivity contribution is -0.144.